The maximum atomic E-state index is 13.9. The number of carbonyl (C=O) groups excluding carboxylic acids is 1. The van der Waals surface area contributed by atoms with Crippen LogP contribution >= 0.6 is 11.8 Å². The smallest absolute Gasteiger partial charge is 0.234 e. The number of hydrogen-bond donors (Lipinski definition) is 1. The van der Waals surface area contributed by atoms with Gasteiger partial charge in [0.15, 0.2) is 22.5 Å². The number of thioether (sulfide) groups is 1. The molecule has 0 aliphatic rings. The number of carbonyl (C=O) groups is 1. The Hall–Kier alpha value is -3.07. The van der Waals surface area contributed by atoms with Gasteiger partial charge in [0.05, 0.1) is 18.0 Å². The monoisotopic (exact) mass is 458 g/mol. The van der Waals surface area contributed by atoms with Gasteiger partial charge < -0.3 is 19.4 Å². The summed E-state index contributed by atoms with van der Waals surface area (Å²) in [6, 6.07) is 10.4. The van der Waals surface area contributed by atoms with Gasteiger partial charge in [-0.05, 0) is 63.1 Å². The second kappa shape index (κ2) is 11.0. The highest BCUT2D eigenvalue weighted by molar-refractivity contribution is 7.99. The Balaban J connectivity index is 1.62. The summed E-state index contributed by atoms with van der Waals surface area (Å²) in [7, 11) is 0. The highest BCUT2D eigenvalue weighted by Crippen LogP contribution is 2.29. The molecule has 1 aromatic heterocycles. The fourth-order valence-corrected chi connectivity index (χ4v) is 3.85. The number of nitrogens with zero attached hydrogens (tertiary/aromatic N) is 3. The van der Waals surface area contributed by atoms with Crippen LogP contribution in [0.25, 0.3) is 0 Å². The van der Waals surface area contributed by atoms with Gasteiger partial charge in [0.1, 0.15) is 12.4 Å². The maximum absolute atomic E-state index is 13.9. The van der Waals surface area contributed by atoms with Crippen LogP contribution in [-0.4, -0.2) is 33.0 Å². The topological polar surface area (TPSA) is 78.3 Å². The van der Waals surface area contributed by atoms with E-state index in [1.165, 1.54) is 17.8 Å². The molecule has 0 saturated carbocycles. The van der Waals surface area contributed by atoms with Crippen LogP contribution in [0.1, 0.15) is 30.8 Å². The van der Waals surface area contributed by atoms with Gasteiger partial charge in [-0.1, -0.05) is 23.9 Å². The average Bonchev–Trinajstić information content (AvgIpc) is 3.16. The molecule has 32 heavy (non-hydrogen) atoms. The molecule has 0 atom stereocenters. The van der Waals surface area contributed by atoms with E-state index in [1.54, 1.807) is 19.1 Å². The summed E-state index contributed by atoms with van der Waals surface area (Å²) in [4.78, 5) is 12.3. The molecule has 1 N–H and O–H groups in total. The van der Waals surface area contributed by atoms with Gasteiger partial charge in [-0.25, -0.2) is 4.39 Å². The molecule has 0 spiro atoms. The number of aryl methyl sites for hydroxylation is 2. The minimum absolute atomic E-state index is 0.0821. The summed E-state index contributed by atoms with van der Waals surface area (Å²) >= 11 is 1.24. The van der Waals surface area contributed by atoms with Crippen LogP contribution in [0.2, 0.25) is 0 Å². The van der Waals surface area contributed by atoms with Crippen molar-refractivity contribution in [2.45, 2.75) is 46.0 Å². The van der Waals surface area contributed by atoms with E-state index in [9.17, 15) is 9.18 Å². The van der Waals surface area contributed by atoms with Crippen LogP contribution in [0.4, 0.5) is 10.1 Å². The van der Waals surface area contributed by atoms with Gasteiger partial charge in [0.25, 0.3) is 0 Å². The van der Waals surface area contributed by atoms with Crippen LogP contribution in [0.5, 0.6) is 11.5 Å². The molecule has 0 bridgehead atoms. The first kappa shape index (κ1) is 23.6. The number of aromatic nitrogens is 3. The van der Waals surface area contributed by atoms with Crippen LogP contribution in [0.3, 0.4) is 0 Å². The zero-order valence-corrected chi connectivity index (χ0v) is 19.5. The fraction of sp³-hybridized carbons (Fsp3) is 0.348. The first-order valence-corrected chi connectivity index (χ1v) is 11.4. The van der Waals surface area contributed by atoms with Crippen molar-refractivity contribution in [3.63, 3.8) is 0 Å². The van der Waals surface area contributed by atoms with Crippen LogP contribution in [-0.2, 0) is 17.9 Å². The zero-order chi connectivity index (χ0) is 23.1. The van der Waals surface area contributed by atoms with Crippen molar-refractivity contribution in [1.29, 1.82) is 0 Å². The maximum Gasteiger partial charge on any atom is 0.234 e. The van der Waals surface area contributed by atoms with Crippen LogP contribution < -0.4 is 14.8 Å². The lowest BCUT2D eigenvalue weighted by molar-refractivity contribution is -0.113. The molecule has 2 aromatic carbocycles. The molecule has 0 fully saturated rings. The number of anilines is 1. The summed E-state index contributed by atoms with van der Waals surface area (Å²) in [6.45, 7) is 9.05. The van der Waals surface area contributed by atoms with Crippen molar-refractivity contribution in [3.8, 4) is 11.5 Å². The lowest BCUT2D eigenvalue weighted by Gasteiger charge is -2.13. The highest BCUT2D eigenvalue weighted by Gasteiger charge is 2.15. The summed E-state index contributed by atoms with van der Waals surface area (Å²) in [6.07, 6.45) is 0. The second-order valence-corrected chi connectivity index (χ2v) is 8.08. The molecule has 0 aliphatic carbocycles. The average molecular weight is 459 g/mol. The Labute approximate surface area is 191 Å². The van der Waals surface area contributed by atoms with Crippen molar-refractivity contribution in [1.82, 2.24) is 14.8 Å². The molecule has 1 heterocycles. The Kier molecular flexibility index (Phi) is 8.10. The van der Waals surface area contributed by atoms with Gasteiger partial charge in [0, 0.05) is 6.54 Å². The predicted molar refractivity (Wildman–Crippen MR) is 123 cm³/mol. The van der Waals surface area contributed by atoms with Gasteiger partial charge in [-0.15, -0.1) is 10.2 Å². The van der Waals surface area contributed by atoms with E-state index in [0.29, 0.717) is 35.6 Å². The largest absolute Gasteiger partial charge is 0.490 e. The normalized spacial score (nSPS) is 10.8. The number of ether oxygens (including phenoxy) is 2. The third kappa shape index (κ3) is 6.00. The summed E-state index contributed by atoms with van der Waals surface area (Å²) in [5, 5.41) is 11.6. The molecule has 3 rings (SSSR count). The molecule has 0 unspecified atom stereocenters. The zero-order valence-electron chi connectivity index (χ0n) is 18.6. The molecular formula is C23H27FN4O3S. The molecule has 0 saturated heterocycles. The quantitative estimate of drug-likeness (QED) is 0.441. The van der Waals surface area contributed by atoms with E-state index >= 15 is 0 Å². The van der Waals surface area contributed by atoms with Gasteiger partial charge in [-0.2, -0.15) is 0 Å². The Morgan fingerprint density at radius 1 is 1.06 bits per heavy atom. The third-order valence-electron chi connectivity index (χ3n) is 4.60. The van der Waals surface area contributed by atoms with Crippen LogP contribution in [0, 0.1) is 19.7 Å². The number of hydrogen-bond acceptors (Lipinski definition) is 6. The lowest BCUT2D eigenvalue weighted by atomic mass is 10.2. The van der Waals surface area contributed by atoms with E-state index in [4.69, 9.17) is 9.47 Å². The fourth-order valence-electron chi connectivity index (χ4n) is 3.03. The molecule has 3 aromatic rings. The van der Waals surface area contributed by atoms with E-state index in [1.807, 2.05) is 43.5 Å². The number of nitrogens with one attached hydrogen (secondary N) is 1. The Morgan fingerprint density at radius 3 is 2.53 bits per heavy atom. The first-order chi connectivity index (χ1) is 15.4. The molecule has 9 heteroatoms. The van der Waals surface area contributed by atoms with E-state index in [-0.39, 0.29) is 24.0 Å². The molecule has 7 nitrogen and oxygen atoms in total. The van der Waals surface area contributed by atoms with Crippen molar-refractivity contribution in [2.24, 2.45) is 0 Å². The lowest BCUT2D eigenvalue weighted by Crippen LogP contribution is -2.16. The number of benzene rings is 2. The molecular weight excluding hydrogens is 431 g/mol. The molecule has 0 radical (unpaired) electrons. The molecule has 1 amide bonds. The summed E-state index contributed by atoms with van der Waals surface area (Å²) < 4.78 is 27.4. The summed E-state index contributed by atoms with van der Waals surface area (Å²) in [5.41, 5.74) is 2.04. The molecule has 170 valence electrons. The Morgan fingerprint density at radius 2 is 1.81 bits per heavy atom. The van der Waals surface area contributed by atoms with E-state index < -0.39 is 5.82 Å². The van der Waals surface area contributed by atoms with E-state index in [0.717, 1.165) is 11.1 Å². The van der Waals surface area contributed by atoms with Gasteiger partial charge in [0.2, 0.25) is 5.91 Å². The van der Waals surface area contributed by atoms with Crippen molar-refractivity contribution in [3.05, 3.63) is 59.2 Å². The second-order valence-electron chi connectivity index (χ2n) is 7.14. The van der Waals surface area contributed by atoms with Gasteiger partial charge >= 0.3 is 0 Å². The van der Waals surface area contributed by atoms with E-state index in [2.05, 4.69) is 15.5 Å². The number of rotatable bonds is 10. The van der Waals surface area contributed by atoms with Crippen LogP contribution in [0.15, 0.2) is 41.6 Å². The van der Waals surface area contributed by atoms with Gasteiger partial charge in [-0.3, -0.25) is 4.79 Å². The highest BCUT2D eigenvalue weighted by atomic mass is 32.2. The standard InChI is InChI=1S/C23H27FN4O3S/c1-5-28-21(13-31-19-10-8-16(4)12-20(19)30-6-2)26-27-23(28)32-14-22(29)25-18-9-7-15(3)11-17(18)24/h7-12H,5-6,13-14H2,1-4H3,(H,25,29). The summed E-state index contributed by atoms with van der Waals surface area (Å²) in [5.74, 6) is 1.27. The van der Waals surface area contributed by atoms with Crippen molar-refractivity contribution >= 4 is 23.4 Å². The number of amides is 1. The third-order valence-corrected chi connectivity index (χ3v) is 5.56. The predicted octanol–water partition coefficient (Wildman–Crippen LogP) is 4.76. The van der Waals surface area contributed by atoms with Crippen molar-refractivity contribution < 1.29 is 18.7 Å². The number of halogens is 1. The SMILES string of the molecule is CCOc1cc(C)ccc1OCc1nnc(SCC(=O)Nc2ccc(C)cc2F)n1CC. The molecule has 0 aliphatic heterocycles. The minimum atomic E-state index is -0.456. The van der Waals surface area contributed by atoms with Crippen molar-refractivity contribution in [2.75, 3.05) is 17.7 Å². The Bertz CT molecular complexity index is 1090. The minimum Gasteiger partial charge on any atom is -0.490 e. The first-order valence-electron chi connectivity index (χ1n) is 10.4.